The summed E-state index contributed by atoms with van der Waals surface area (Å²) >= 11 is 0. The van der Waals surface area contributed by atoms with E-state index in [0.29, 0.717) is 25.0 Å². The minimum Gasteiger partial charge on any atom is -0.468 e. The lowest BCUT2D eigenvalue weighted by Crippen LogP contribution is -2.31. The molecule has 0 aliphatic heterocycles. The summed E-state index contributed by atoms with van der Waals surface area (Å²) in [6, 6.07) is 0.317. The fourth-order valence-electron chi connectivity index (χ4n) is 1.42. The molecule has 0 rings (SSSR count). The maximum atomic E-state index is 10.5. The Hall–Kier alpha value is -1.58. The molecule has 1 amide bonds. The molecule has 0 aromatic heterocycles. The summed E-state index contributed by atoms with van der Waals surface area (Å²) in [6.45, 7) is 26.5. The first-order valence-corrected chi connectivity index (χ1v) is 10.2. The van der Waals surface area contributed by atoms with Crippen LogP contribution in [0.5, 0.6) is 0 Å². The van der Waals surface area contributed by atoms with E-state index in [1.807, 2.05) is 34.6 Å². The minimum absolute atomic E-state index is 0.0631. The number of ether oxygens (including phenoxy) is 1. The van der Waals surface area contributed by atoms with E-state index in [0.717, 1.165) is 19.3 Å². The van der Waals surface area contributed by atoms with Crippen LogP contribution in [-0.2, 0) is 14.3 Å². The Kier molecular flexibility index (Phi) is 47.8. The van der Waals surface area contributed by atoms with Gasteiger partial charge in [-0.1, -0.05) is 59.3 Å². The van der Waals surface area contributed by atoms with Gasteiger partial charge in [-0.25, -0.2) is 0 Å². The summed E-state index contributed by atoms with van der Waals surface area (Å²) in [5.41, 5.74) is 1.25. The molecule has 4 heteroatoms. The zero-order valence-electron chi connectivity index (χ0n) is 20.1. The van der Waals surface area contributed by atoms with Crippen LogP contribution in [0.2, 0.25) is 0 Å². The highest BCUT2D eigenvalue weighted by Crippen LogP contribution is 2.02. The number of rotatable bonds is 7. The van der Waals surface area contributed by atoms with Crippen molar-refractivity contribution in [2.24, 2.45) is 5.92 Å². The van der Waals surface area contributed by atoms with Crippen molar-refractivity contribution >= 4 is 12.4 Å². The smallest absolute Gasteiger partial charge is 0.293 e. The van der Waals surface area contributed by atoms with Gasteiger partial charge in [0.15, 0.2) is 0 Å². The fraction of sp³-hybridized carbons (Fsp3) is 0.739. The number of allylic oxidation sites excluding steroid dienone is 3. The van der Waals surface area contributed by atoms with E-state index in [-0.39, 0.29) is 5.91 Å². The van der Waals surface area contributed by atoms with Crippen LogP contribution in [0.4, 0.5) is 0 Å². The monoisotopic (exact) mass is 387 g/mol. The van der Waals surface area contributed by atoms with Crippen molar-refractivity contribution in [2.75, 3.05) is 6.61 Å². The lowest BCUT2D eigenvalue weighted by Gasteiger charge is -2.13. The molecule has 0 aliphatic carbocycles. The molecule has 0 spiro atoms. The van der Waals surface area contributed by atoms with E-state index >= 15 is 0 Å². The molecule has 0 unspecified atom stereocenters. The van der Waals surface area contributed by atoms with Gasteiger partial charge in [0, 0.05) is 13.0 Å². The average molecular weight is 388 g/mol. The van der Waals surface area contributed by atoms with Gasteiger partial charge in [0.2, 0.25) is 5.91 Å². The van der Waals surface area contributed by atoms with Crippen molar-refractivity contribution in [2.45, 2.75) is 101 Å². The van der Waals surface area contributed by atoms with Crippen LogP contribution in [0.25, 0.3) is 0 Å². The molecule has 0 saturated carbocycles. The topological polar surface area (TPSA) is 55.4 Å². The molecule has 0 heterocycles. The van der Waals surface area contributed by atoms with Gasteiger partial charge >= 0.3 is 0 Å². The predicted molar refractivity (Wildman–Crippen MR) is 122 cm³/mol. The molecule has 4 nitrogen and oxygen atoms in total. The lowest BCUT2D eigenvalue weighted by molar-refractivity contribution is -0.128. The van der Waals surface area contributed by atoms with Gasteiger partial charge in [-0.3, -0.25) is 9.59 Å². The summed E-state index contributed by atoms with van der Waals surface area (Å²) in [4.78, 5) is 19.7. The van der Waals surface area contributed by atoms with E-state index in [1.54, 1.807) is 13.8 Å². The molecule has 0 aromatic carbocycles. The standard InChI is InChI=1S/C8H17NO.2C5H10.C3H6O2.C2H6/c1-6(2)5-7(3)9-8(4)10;1-4-5(2)3;1-3-5-4-2;1-2-5-3-4;1-2/h6-7H,5H2,1-4H3,(H,9,10);2,4H2,1,3H3;3,5H,4H2,1-2H3;3H,2H2,1H3;1-2H3/b;;5-3-;;/t7-;;;;/m1..../s1. The van der Waals surface area contributed by atoms with Crippen LogP contribution in [0, 0.1) is 5.92 Å². The van der Waals surface area contributed by atoms with Crippen molar-refractivity contribution < 1.29 is 14.3 Å². The van der Waals surface area contributed by atoms with Crippen LogP contribution >= 0.6 is 0 Å². The third-order valence-corrected chi connectivity index (χ3v) is 2.58. The number of amides is 1. The van der Waals surface area contributed by atoms with Crippen LogP contribution in [0.3, 0.4) is 0 Å². The second-order valence-corrected chi connectivity index (χ2v) is 6.07. The molecular formula is C23H49NO3. The zero-order chi connectivity index (χ0) is 22.7. The number of carbonyl (C=O) groups is 2. The fourth-order valence-corrected chi connectivity index (χ4v) is 1.42. The summed E-state index contributed by atoms with van der Waals surface area (Å²) in [7, 11) is 0. The molecule has 0 bridgehead atoms. The molecule has 1 atom stereocenters. The van der Waals surface area contributed by atoms with Crippen LogP contribution in [-0.4, -0.2) is 25.0 Å². The Bertz CT molecular complexity index is 324. The highest BCUT2D eigenvalue weighted by molar-refractivity contribution is 5.73. The van der Waals surface area contributed by atoms with Gasteiger partial charge in [-0.05, 0) is 52.9 Å². The minimum atomic E-state index is 0.0631. The van der Waals surface area contributed by atoms with E-state index in [9.17, 15) is 9.59 Å². The van der Waals surface area contributed by atoms with E-state index in [4.69, 9.17) is 0 Å². The Labute approximate surface area is 170 Å². The number of hydrogen-bond acceptors (Lipinski definition) is 3. The molecule has 0 aliphatic rings. The molecule has 164 valence electrons. The first-order chi connectivity index (χ1) is 12.6. The van der Waals surface area contributed by atoms with Gasteiger partial charge in [0.25, 0.3) is 6.47 Å². The third kappa shape index (κ3) is 79.6. The quantitative estimate of drug-likeness (QED) is 0.390. The number of nitrogens with one attached hydrogen (secondary N) is 1. The molecule has 0 fully saturated rings. The lowest BCUT2D eigenvalue weighted by atomic mass is 10.1. The first kappa shape index (κ1) is 36.4. The number of hydrogen-bond donors (Lipinski definition) is 1. The van der Waals surface area contributed by atoms with Gasteiger partial charge in [-0.15, -0.1) is 6.58 Å². The van der Waals surface area contributed by atoms with Gasteiger partial charge in [-0.2, -0.15) is 0 Å². The maximum absolute atomic E-state index is 10.5. The number of carbonyl (C=O) groups excluding carboxylic acids is 2. The molecule has 27 heavy (non-hydrogen) atoms. The summed E-state index contributed by atoms with van der Waals surface area (Å²) in [6.07, 6.45) is 7.51. The molecule has 0 aromatic rings. The van der Waals surface area contributed by atoms with Crippen LogP contribution in [0.1, 0.15) is 95.4 Å². The van der Waals surface area contributed by atoms with Crippen molar-refractivity contribution in [3.05, 3.63) is 24.3 Å². The summed E-state index contributed by atoms with van der Waals surface area (Å²) < 4.78 is 4.15. The van der Waals surface area contributed by atoms with E-state index in [1.165, 1.54) is 5.57 Å². The Morgan fingerprint density at radius 1 is 1.11 bits per heavy atom. The van der Waals surface area contributed by atoms with Crippen molar-refractivity contribution in [3.63, 3.8) is 0 Å². The third-order valence-electron chi connectivity index (χ3n) is 2.58. The first-order valence-electron chi connectivity index (χ1n) is 10.2. The van der Waals surface area contributed by atoms with E-state index in [2.05, 4.69) is 56.5 Å². The molecular weight excluding hydrogens is 338 g/mol. The van der Waals surface area contributed by atoms with Crippen molar-refractivity contribution in [1.82, 2.24) is 5.32 Å². The zero-order valence-corrected chi connectivity index (χ0v) is 20.1. The van der Waals surface area contributed by atoms with E-state index < -0.39 is 0 Å². The van der Waals surface area contributed by atoms with Gasteiger partial charge in [0.05, 0.1) is 6.61 Å². The molecule has 0 saturated heterocycles. The average Bonchev–Trinajstić information content (AvgIpc) is 2.58. The highest BCUT2D eigenvalue weighted by atomic mass is 16.5. The van der Waals surface area contributed by atoms with Crippen molar-refractivity contribution in [3.8, 4) is 0 Å². The van der Waals surface area contributed by atoms with Gasteiger partial charge < -0.3 is 10.1 Å². The van der Waals surface area contributed by atoms with Crippen LogP contribution < -0.4 is 5.32 Å². The molecule has 1 N–H and O–H groups in total. The van der Waals surface area contributed by atoms with Crippen molar-refractivity contribution in [1.29, 1.82) is 0 Å². The second kappa shape index (κ2) is 35.5. The highest BCUT2D eigenvalue weighted by Gasteiger charge is 2.04. The maximum Gasteiger partial charge on any atom is 0.293 e. The Morgan fingerprint density at radius 2 is 1.56 bits per heavy atom. The van der Waals surface area contributed by atoms with Gasteiger partial charge in [0.1, 0.15) is 0 Å². The summed E-state index contributed by atoms with van der Waals surface area (Å²) in [5.74, 6) is 0.718. The summed E-state index contributed by atoms with van der Waals surface area (Å²) in [5, 5.41) is 2.84. The second-order valence-electron chi connectivity index (χ2n) is 6.07. The van der Waals surface area contributed by atoms with Crippen LogP contribution in [0.15, 0.2) is 24.3 Å². The Morgan fingerprint density at radius 3 is 1.67 bits per heavy atom. The largest absolute Gasteiger partial charge is 0.468 e. The normalized spacial score (nSPS) is 9.63. The molecule has 0 radical (unpaired) electrons. The predicted octanol–water partition coefficient (Wildman–Crippen LogP) is 6.71. The Balaban J connectivity index is -0.0000000818. The SMILES string of the molecule is C/C=C\CC.C=C(C)CC.CC.CC(=O)N[C@H](C)CC(C)C.CCOC=O.